The minimum Gasteiger partial charge on any atom is -0.481 e. The molecule has 0 aliphatic heterocycles. The van der Waals surface area contributed by atoms with Crippen molar-refractivity contribution < 1.29 is 9.90 Å². The van der Waals surface area contributed by atoms with Crippen molar-refractivity contribution in [3.05, 3.63) is 17.6 Å². The number of hydrogen-bond acceptors (Lipinski definition) is 4. The third-order valence-electron chi connectivity index (χ3n) is 3.38. The number of rotatable bonds is 3. The van der Waals surface area contributed by atoms with E-state index >= 15 is 0 Å². The maximum atomic E-state index is 11.2. The maximum Gasteiger partial charge on any atom is 0.308 e. The second-order valence-electron chi connectivity index (χ2n) is 4.92. The van der Waals surface area contributed by atoms with E-state index in [4.69, 9.17) is 0 Å². The lowest BCUT2D eigenvalue weighted by molar-refractivity contribution is -0.143. The van der Waals surface area contributed by atoms with E-state index in [1.165, 1.54) is 0 Å². The van der Waals surface area contributed by atoms with Gasteiger partial charge < -0.3 is 10.4 Å². The van der Waals surface area contributed by atoms with Gasteiger partial charge in [0.05, 0.1) is 5.92 Å². The highest BCUT2D eigenvalue weighted by Gasteiger charge is 2.30. The summed E-state index contributed by atoms with van der Waals surface area (Å²) in [4.78, 5) is 19.7. The molecule has 1 aliphatic rings. The lowest BCUT2D eigenvalue weighted by Gasteiger charge is -2.29. The van der Waals surface area contributed by atoms with Crippen LogP contribution in [0.5, 0.6) is 0 Å². The Morgan fingerprint density at radius 2 is 2.06 bits per heavy atom. The summed E-state index contributed by atoms with van der Waals surface area (Å²) in [5.74, 6) is 0.419. The Balaban J connectivity index is 2.13. The van der Waals surface area contributed by atoms with Gasteiger partial charge in [-0.2, -0.15) is 0 Å². The minimum atomic E-state index is -0.713. The van der Waals surface area contributed by atoms with E-state index in [0.29, 0.717) is 5.82 Å². The van der Waals surface area contributed by atoms with Crippen LogP contribution in [0.2, 0.25) is 0 Å². The number of carboxylic acid groups (broad SMARTS) is 1. The SMILES string of the molecule is Cc1cc(NC2CCCCC2C(=O)O)nc(C)n1. The summed E-state index contributed by atoms with van der Waals surface area (Å²) >= 11 is 0. The summed E-state index contributed by atoms with van der Waals surface area (Å²) in [7, 11) is 0. The van der Waals surface area contributed by atoms with Crippen LogP contribution in [-0.2, 0) is 4.79 Å². The fourth-order valence-electron chi connectivity index (χ4n) is 2.58. The van der Waals surface area contributed by atoms with Gasteiger partial charge >= 0.3 is 5.97 Å². The second-order valence-corrected chi connectivity index (χ2v) is 4.92. The summed E-state index contributed by atoms with van der Waals surface area (Å²) < 4.78 is 0. The number of carbonyl (C=O) groups is 1. The molecule has 1 heterocycles. The highest BCUT2D eigenvalue weighted by atomic mass is 16.4. The predicted octanol–water partition coefficient (Wildman–Crippen LogP) is 2.15. The van der Waals surface area contributed by atoms with Gasteiger partial charge in [-0.25, -0.2) is 9.97 Å². The molecule has 98 valence electrons. The van der Waals surface area contributed by atoms with Gasteiger partial charge in [-0.05, 0) is 26.7 Å². The Hall–Kier alpha value is -1.65. The Morgan fingerprint density at radius 1 is 1.33 bits per heavy atom. The van der Waals surface area contributed by atoms with Crippen LogP contribution in [0.1, 0.15) is 37.2 Å². The first-order valence-corrected chi connectivity index (χ1v) is 6.38. The molecule has 1 aromatic heterocycles. The number of aryl methyl sites for hydroxylation is 2. The van der Waals surface area contributed by atoms with Gasteiger partial charge in [-0.15, -0.1) is 0 Å². The minimum absolute atomic E-state index is 0.0232. The summed E-state index contributed by atoms with van der Waals surface area (Å²) in [6.07, 6.45) is 3.70. The second kappa shape index (κ2) is 5.33. The van der Waals surface area contributed by atoms with Crippen molar-refractivity contribution in [2.45, 2.75) is 45.6 Å². The van der Waals surface area contributed by atoms with Crippen LogP contribution >= 0.6 is 0 Å². The summed E-state index contributed by atoms with van der Waals surface area (Å²) in [6.45, 7) is 3.75. The molecule has 5 heteroatoms. The van der Waals surface area contributed by atoms with Gasteiger partial charge in [-0.3, -0.25) is 4.79 Å². The van der Waals surface area contributed by atoms with Crippen molar-refractivity contribution in [2.24, 2.45) is 5.92 Å². The van der Waals surface area contributed by atoms with Crippen molar-refractivity contribution in [3.8, 4) is 0 Å². The van der Waals surface area contributed by atoms with Crippen molar-refractivity contribution in [2.75, 3.05) is 5.32 Å². The number of aromatic nitrogens is 2. The number of carboxylic acids is 1. The molecule has 0 aromatic carbocycles. The van der Waals surface area contributed by atoms with E-state index in [1.807, 2.05) is 19.9 Å². The largest absolute Gasteiger partial charge is 0.481 e. The van der Waals surface area contributed by atoms with E-state index in [2.05, 4.69) is 15.3 Å². The number of hydrogen-bond donors (Lipinski definition) is 2. The molecule has 2 rings (SSSR count). The zero-order chi connectivity index (χ0) is 13.1. The maximum absolute atomic E-state index is 11.2. The first-order valence-electron chi connectivity index (χ1n) is 6.38. The molecule has 1 aromatic rings. The average molecular weight is 249 g/mol. The predicted molar refractivity (Wildman–Crippen MR) is 68.5 cm³/mol. The van der Waals surface area contributed by atoms with Crippen LogP contribution in [-0.4, -0.2) is 27.1 Å². The lowest BCUT2D eigenvalue weighted by Crippen LogP contribution is -2.37. The lowest BCUT2D eigenvalue weighted by atomic mass is 9.84. The van der Waals surface area contributed by atoms with E-state index in [1.54, 1.807) is 0 Å². The smallest absolute Gasteiger partial charge is 0.308 e. The van der Waals surface area contributed by atoms with Crippen molar-refractivity contribution in [1.29, 1.82) is 0 Å². The summed E-state index contributed by atoms with van der Waals surface area (Å²) in [5, 5.41) is 12.5. The topological polar surface area (TPSA) is 75.1 Å². The van der Waals surface area contributed by atoms with Crippen LogP contribution < -0.4 is 5.32 Å². The van der Waals surface area contributed by atoms with E-state index in [9.17, 15) is 9.90 Å². The molecule has 0 amide bonds. The Bertz CT molecular complexity index is 428. The third-order valence-corrected chi connectivity index (χ3v) is 3.38. The number of nitrogens with zero attached hydrogens (tertiary/aromatic N) is 2. The van der Waals surface area contributed by atoms with Gasteiger partial charge in [0.25, 0.3) is 0 Å². The summed E-state index contributed by atoms with van der Waals surface area (Å²) in [6, 6.07) is 1.84. The van der Waals surface area contributed by atoms with Crippen molar-refractivity contribution in [3.63, 3.8) is 0 Å². The molecule has 0 radical (unpaired) electrons. The molecule has 0 spiro atoms. The highest BCUT2D eigenvalue weighted by molar-refractivity contribution is 5.71. The monoisotopic (exact) mass is 249 g/mol. The molecule has 1 aliphatic carbocycles. The van der Waals surface area contributed by atoms with E-state index in [-0.39, 0.29) is 12.0 Å². The Kier molecular flexibility index (Phi) is 3.79. The van der Waals surface area contributed by atoms with Gasteiger partial charge in [0, 0.05) is 17.8 Å². The van der Waals surface area contributed by atoms with Crippen molar-refractivity contribution >= 4 is 11.8 Å². The molecule has 2 atom stereocenters. The van der Waals surface area contributed by atoms with E-state index < -0.39 is 5.97 Å². The Morgan fingerprint density at radius 3 is 2.72 bits per heavy atom. The molecular weight excluding hydrogens is 230 g/mol. The first-order chi connectivity index (χ1) is 8.56. The molecule has 0 bridgehead atoms. The van der Waals surface area contributed by atoms with Crippen LogP contribution in [0.4, 0.5) is 5.82 Å². The third kappa shape index (κ3) is 2.97. The fourth-order valence-corrected chi connectivity index (χ4v) is 2.58. The van der Waals surface area contributed by atoms with Gasteiger partial charge in [0.1, 0.15) is 11.6 Å². The normalized spacial score (nSPS) is 23.7. The molecule has 0 saturated heterocycles. The first kappa shape index (κ1) is 12.8. The number of aliphatic carboxylic acids is 1. The van der Waals surface area contributed by atoms with Crippen molar-refractivity contribution in [1.82, 2.24) is 9.97 Å². The number of nitrogens with one attached hydrogen (secondary N) is 1. The van der Waals surface area contributed by atoms with Crippen LogP contribution in [0.15, 0.2) is 6.07 Å². The molecule has 1 saturated carbocycles. The number of anilines is 1. The molecule has 2 N–H and O–H groups in total. The zero-order valence-corrected chi connectivity index (χ0v) is 10.8. The quantitative estimate of drug-likeness (QED) is 0.858. The zero-order valence-electron chi connectivity index (χ0n) is 10.8. The standard InChI is InChI=1S/C13H19N3O2/c1-8-7-12(15-9(2)14-8)16-11-6-4-3-5-10(11)13(17)18/h7,10-11H,3-6H2,1-2H3,(H,17,18)(H,14,15,16). The van der Waals surface area contributed by atoms with Gasteiger partial charge in [-0.1, -0.05) is 12.8 Å². The van der Waals surface area contributed by atoms with Crippen LogP contribution in [0.3, 0.4) is 0 Å². The van der Waals surface area contributed by atoms with E-state index in [0.717, 1.165) is 37.2 Å². The van der Waals surface area contributed by atoms with Crippen LogP contribution in [0, 0.1) is 19.8 Å². The average Bonchev–Trinajstić information content (AvgIpc) is 2.27. The van der Waals surface area contributed by atoms with Gasteiger partial charge in [0.15, 0.2) is 0 Å². The molecule has 5 nitrogen and oxygen atoms in total. The van der Waals surface area contributed by atoms with Crippen LogP contribution in [0.25, 0.3) is 0 Å². The fraction of sp³-hybridized carbons (Fsp3) is 0.615. The highest BCUT2D eigenvalue weighted by Crippen LogP contribution is 2.27. The summed E-state index contributed by atoms with van der Waals surface area (Å²) in [5.41, 5.74) is 0.896. The molecular formula is C13H19N3O2. The molecule has 18 heavy (non-hydrogen) atoms. The molecule has 1 fully saturated rings. The van der Waals surface area contributed by atoms with Gasteiger partial charge in [0.2, 0.25) is 0 Å². The Labute approximate surface area is 107 Å². The molecule has 2 unspecified atom stereocenters.